The van der Waals surface area contributed by atoms with Gasteiger partial charge in [0.15, 0.2) is 0 Å². The average Bonchev–Trinajstić information content (AvgIpc) is 2.51. The van der Waals surface area contributed by atoms with E-state index in [0.717, 1.165) is 18.2 Å². The van der Waals surface area contributed by atoms with Crippen molar-refractivity contribution in [2.75, 3.05) is 5.32 Å². The van der Waals surface area contributed by atoms with Gasteiger partial charge in [0, 0.05) is 17.1 Å². The van der Waals surface area contributed by atoms with Crippen molar-refractivity contribution < 1.29 is 31.1 Å². The Balaban J connectivity index is 1.90. The summed E-state index contributed by atoms with van der Waals surface area (Å²) >= 11 is -0.308. The van der Waals surface area contributed by atoms with E-state index >= 15 is 0 Å². The number of urea groups is 1. The van der Waals surface area contributed by atoms with Crippen LogP contribution in [-0.2, 0) is 12.7 Å². The monoisotopic (exact) mass is 394 g/mol. The first kappa shape index (κ1) is 20.0. The van der Waals surface area contributed by atoms with Crippen LogP contribution in [0, 0.1) is 0 Å². The van der Waals surface area contributed by atoms with Gasteiger partial charge >= 0.3 is 17.7 Å². The van der Waals surface area contributed by atoms with Crippen LogP contribution in [0.4, 0.5) is 36.8 Å². The van der Waals surface area contributed by atoms with Crippen LogP contribution in [0.2, 0.25) is 0 Å². The maximum Gasteiger partial charge on any atom is 0.446 e. The molecule has 0 aromatic heterocycles. The van der Waals surface area contributed by atoms with E-state index in [1.165, 1.54) is 30.3 Å². The molecule has 0 fully saturated rings. The molecule has 2 amide bonds. The van der Waals surface area contributed by atoms with Crippen LogP contribution in [0.15, 0.2) is 53.4 Å². The third kappa shape index (κ3) is 6.51. The lowest BCUT2D eigenvalue weighted by Gasteiger charge is -2.11. The number of hydrogen-bond acceptors (Lipinski definition) is 2. The number of amides is 2. The Labute approximate surface area is 148 Å². The summed E-state index contributed by atoms with van der Waals surface area (Å²) in [4.78, 5) is 11.7. The summed E-state index contributed by atoms with van der Waals surface area (Å²) < 4.78 is 74.4. The van der Waals surface area contributed by atoms with Crippen molar-refractivity contribution in [3.05, 3.63) is 59.7 Å². The topological polar surface area (TPSA) is 41.1 Å². The summed E-state index contributed by atoms with van der Waals surface area (Å²) in [7, 11) is 0. The second-order valence-corrected chi connectivity index (χ2v) is 6.22. The lowest BCUT2D eigenvalue weighted by molar-refractivity contribution is -0.137. The fraction of sp³-hybridized carbons (Fsp3) is 0.188. The van der Waals surface area contributed by atoms with Gasteiger partial charge in [-0.05, 0) is 47.7 Å². The summed E-state index contributed by atoms with van der Waals surface area (Å²) in [5, 5.41) is 4.78. The van der Waals surface area contributed by atoms with Crippen molar-refractivity contribution in [1.82, 2.24) is 5.32 Å². The normalized spacial score (nSPS) is 11.9. The van der Waals surface area contributed by atoms with Crippen LogP contribution in [0.1, 0.15) is 11.1 Å². The largest absolute Gasteiger partial charge is 0.446 e. The zero-order valence-electron chi connectivity index (χ0n) is 12.9. The van der Waals surface area contributed by atoms with E-state index in [1.54, 1.807) is 0 Å². The lowest BCUT2D eigenvalue weighted by atomic mass is 10.1. The molecule has 2 rings (SSSR count). The van der Waals surface area contributed by atoms with E-state index in [1.807, 2.05) is 0 Å². The Morgan fingerprint density at radius 2 is 1.62 bits per heavy atom. The van der Waals surface area contributed by atoms with Gasteiger partial charge in [-0.2, -0.15) is 26.3 Å². The SMILES string of the molecule is O=C(NCc1ccc(C(F)(F)F)cc1)Nc1cccc(SC(F)(F)F)c1. The number of hydrogen-bond donors (Lipinski definition) is 2. The van der Waals surface area contributed by atoms with Gasteiger partial charge in [-0.1, -0.05) is 18.2 Å². The Bertz CT molecular complexity index is 759. The van der Waals surface area contributed by atoms with Crippen molar-refractivity contribution in [1.29, 1.82) is 0 Å². The first-order chi connectivity index (χ1) is 12.0. The quantitative estimate of drug-likeness (QED) is 0.521. The third-order valence-corrected chi connectivity index (χ3v) is 3.78. The molecule has 0 aliphatic rings. The molecule has 0 heterocycles. The molecule has 0 radical (unpaired) electrons. The number of carbonyl (C=O) groups excluding carboxylic acids is 1. The second kappa shape index (κ2) is 7.90. The smallest absolute Gasteiger partial charge is 0.334 e. The summed E-state index contributed by atoms with van der Waals surface area (Å²) in [6.07, 6.45) is -4.44. The molecule has 2 aromatic carbocycles. The second-order valence-electron chi connectivity index (χ2n) is 5.08. The molecule has 0 saturated carbocycles. The molecule has 0 atom stereocenters. The van der Waals surface area contributed by atoms with Crippen molar-refractivity contribution in [2.24, 2.45) is 0 Å². The van der Waals surface area contributed by atoms with Gasteiger partial charge in [-0.15, -0.1) is 0 Å². The number of alkyl halides is 6. The Morgan fingerprint density at radius 1 is 0.962 bits per heavy atom. The molecule has 140 valence electrons. The van der Waals surface area contributed by atoms with E-state index in [-0.39, 0.29) is 28.9 Å². The molecule has 0 aliphatic carbocycles. The van der Waals surface area contributed by atoms with Crippen molar-refractivity contribution in [3.63, 3.8) is 0 Å². The molecule has 0 spiro atoms. The number of rotatable bonds is 4. The van der Waals surface area contributed by atoms with E-state index < -0.39 is 23.3 Å². The lowest BCUT2D eigenvalue weighted by Crippen LogP contribution is -2.28. The molecular weight excluding hydrogens is 382 g/mol. The number of benzene rings is 2. The Hall–Kier alpha value is -2.36. The van der Waals surface area contributed by atoms with E-state index in [0.29, 0.717) is 5.56 Å². The molecule has 0 aliphatic heterocycles. The number of halogens is 6. The summed E-state index contributed by atoms with van der Waals surface area (Å²) in [5.74, 6) is 0. The van der Waals surface area contributed by atoms with Crippen LogP contribution in [-0.4, -0.2) is 11.5 Å². The molecule has 0 saturated heterocycles. The van der Waals surface area contributed by atoms with E-state index in [4.69, 9.17) is 0 Å². The minimum absolute atomic E-state index is 0.0407. The summed E-state index contributed by atoms with van der Waals surface area (Å²) in [6, 6.07) is 8.74. The maximum absolute atomic E-state index is 12.5. The van der Waals surface area contributed by atoms with Crippen LogP contribution < -0.4 is 10.6 Å². The van der Waals surface area contributed by atoms with Crippen LogP contribution >= 0.6 is 11.8 Å². The molecular formula is C16H12F6N2OS. The zero-order valence-corrected chi connectivity index (χ0v) is 13.7. The van der Waals surface area contributed by atoms with Gasteiger partial charge in [0.2, 0.25) is 0 Å². The predicted octanol–water partition coefficient (Wildman–Crippen LogP) is 5.64. The van der Waals surface area contributed by atoms with Gasteiger partial charge in [-0.25, -0.2) is 4.79 Å². The Morgan fingerprint density at radius 3 is 2.19 bits per heavy atom. The van der Waals surface area contributed by atoms with E-state index in [9.17, 15) is 31.1 Å². The van der Waals surface area contributed by atoms with Gasteiger partial charge in [0.05, 0.1) is 5.56 Å². The van der Waals surface area contributed by atoms with Crippen molar-refractivity contribution in [3.8, 4) is 0 Å². The van der Waals surface area contributed by atoms with Gasteiger partial charge in [-0.3, -0.25) is 0 Å². The van der Waals surface area contributed by atoms with E-state index in [2.05, 4.69) is 10.6 Å². The standard InChI is InChI=1S/C16H12F6N2OS/c17-15(18,19)11-6-4-10(5-7-11)9-23-14(25)24-12-2-1-3-13(8-12)26-16(20,21)22/h1-8H,9H2,(H2,23,24,25). The highest BCUT2D eigenvalue weighted by Gasteiger charge is 2.30. The number of carbonyl (C=O) groups is 1. The summed E-state index contributed by atoms with van der Waals surface area (Å²) in [5.41, 5.74) is -4.65. The minimum Gasteiger partial charge on any atom is -0.334 e. The molecule has 10 heteroatoms. The average molecular weight is 394 g/mol. The fourth-order valence-electron chi connectivity index (χ4n) is 1.94. The highest BCUT2D eigenvalue weighted by Crippen LogP contribution is 2.37. The molecule has 2 aromatic rings. The third-order valence-electron chi connectivity index (χ3n) is 3.06. The van der Waals surface area contributed by atoms with Crippen LogP contribution in [0.25, 0.3) is 0 Å². The van der Waals surface area contributed by atoms with Crippen molar-refractivity contribution >= 4 is 23.5 Å². The first-order valence-corrected chi connectivity index (χ1v) is 7.91. The van der Waals surface area contributed by atoms with Crippen LogP contribution in [0.5, 0.6) is 0 Å². The highest BCUT2D eigenvalue weighted by molar-refractivity contribution is 8.00. The summed E-state index contributed by atoms with van der Waals surface area (Å²) in [6.45, 7) is -0.0407. The van der Waals surface area contributed by atoms with Gasteiger partial charge in [0.1, 0.15) is 0 Å². The molecule has 3 nitrogen and oxygen atoms in total. The number of anilines is 1. The fourth-order valence-corrected chi connectivity index (χ4v) is 2.54. The molecule has 0 unspecified atom stereocenters. The van der Waals surface area contributed by atoms with Crippen molar-refractivity contribution in [2.45, 2.75) is 23.1 Å². The molecule has 26 heavy (non-hydrogen) atoms. The predicted molar refractivity (Wildman–Crippen MR) is 85.7 cm³/mol. The molecule has 0 bridgehead atoms. The molecule has 2 N–H and O–H groups in total. The van der Waals surface area contributed by atoms with Gasteiger partial charge in [0.25, 0.3) is 0 Å². The van der Waals surface area contributed by atoms with Gasteiger partial charge < -0.3 is 10.6 Å². The maximum atomic E-state index is 12.5. The van der Waals surface area contributed by atoms with Crippen LogP contribution in [0.3, 0.4) is 0 Å². The number of thioether (sulfide) groups is 1. The number of nitrogens with one attached hydrogen (secondary N) is 2. The minimum atomic E-state index is -4.44. The Kier molecular flexibility index (Phi) is 6.06. The zero-order chi connectivity index (χ0) is 19.4. The highest BCUT2D eigenvalue weighted by atomic mass is 32.2. The first-order valence-electron chi connectivity index (χ1n) is 7.10.